The summed E-state index contributed by atoms with van der Waals surface area (Å²) in [6.45, 7) is 8.69. The molecule has 0 spiro atoms. The third-order valence-corrected chi connectivity index (χ3v) is 4.16. The standard InChI is InChI=1S/C20H29NO4/c1-5-24-19(23)16-7-6-12-21-18(16)15-10-8-14(9-11-15)13-17(22)25-20(2,3)4/h8-11,16,18,21H,5-7,12-13H2,1-4H3/t16-,18-/m1/s1. The Hall–Kier alpha value is -1.88. The zero-order valence-corrected chi connectivity index (χ0v) is 15.6. The summed E-state index contributed by atoms with van der Waals surface area (Å²) in [6, 6.07) is 7.78. The zero-order valence-electron chi connectivity index (χ0n) is 15.6. The number of ether oxygens (including phenoxy) is 2. The summed E-state index contributed by atoms with van der Waals surface area (Å²) in [5.74, 6) is -0.539. The lowest BCUT2D eigenvalue weighted by atomic mass is 9.86. The Labute approximate surface area is 150 Å². The van der Waals surface area contributed by atoms with Gasteiger partial charge in [0, 0.05) is 6.04 Å². The second kappa shape index (κ2) is 8.48. The molecule has 1 heterocycles. The van der Waals surface area contributed by atoms with Crippen LogP contribution in [-0.2, 0) is 25.5 Å². The van der Waals surface area contributed by atoms with Crippen LogP contribution in [0.5, 0.6) is 0 Å². The van der Waals surface area contributed by atoms with E-state index in [1.807, 2.05) is 52.0 Å². The third-order valence-electron chi connectivity index (χ3n) is 4.16. The predicted octanol–water partition coefficient (Wildman–Crippen LogP) is 3.17. The number of carbonyl (C=O) groups is 2. The van der Waals surface area contributed by atoms with Crippen LogP contribution in [0.4, 0.5) is 0 Å². The van der Waals surface area contributed by atoms with Crippen molar-refractivity contribution >= 4 is 11.9 Å². The lowest BCUT2D eigenvalue weighted by Gasteiger charge is -2.31. The number of rotatable bonds is 5. The Morgan fingerprint density at radius 1 is 1.20 bits per heavy atom. The number of esters is 2. The van der Waals surface area contributed by atoms with Gasteiger partial charge >= 0.3 is 11.9 Å². The number of hydrogen-bond donors (Lipinski definition) is 1. The van der Waals surface area contributed by atoms with Gasteiger partial charge in [0.2, 0.25) is 0 Å². The molecule has 1 aromatic rings. The van der Waals surface area contributed by atoms with Gasteiger partial charge in [0.1, 0.15) is 5.60 Å². The monoisotopic (exact) mass is 347 g/mol. The second-order valence-electron chi connectivity index (χ2n) is 7.44. The first kappa shape index (κ1) is 19.4. The molecule has 1 aliphatic heterocycles. The molecule has 0 radical (unpaired) electrons. The first-order valence-electron chi connectivity index (χ1n) is 9.01. The summed E-state index contributed by atoms with van der Waals surface area (Å²) >= 11 is 0. The number of piperidine rings is 1. The maximum Gasteiger partial charge on any atom is 0.310 e. The van der Waals surface area contributed by atoms with Crippen molar-refractivity contribution in [2.24, 2.45) is 5.92 Å². The van der Waals surface area contributed by atoms with Crippen molar-refractivity contribution in [3.05, 3.63) is 35.4 Å². The van der Waals surface area contributed by atoms with Crippen molar-refractivity contribution in [1.29, 1.82) is 0 Å². The summed E-state index contributed by atoms with van der Waals surface area (Å²) < 4.78 is 10.6. The van der Waals surface area contributed by atoms with E-state index in [2.05, 4.69) is 5.32 Å². The van der Waals surface area contributed by atoms with Crippen LogP contribution in [0, 0.1) is 5.92 Å². The van der Waals surface area contributed by atoms with E-state index in [0.29, 0.717) is 6.61 Å². The van der Waals surface area contributed by atoms with Crippen molar-refractivity contribution in [1.82, 2.24) is 5.32 Å². The first-order chi connectivity index (χ1) is 11.8. The highest BCUT2D eigenvalue weighted by atomic mass is 16.6. The molecular weight excluding hydrogens is 318 g/mol. The van der Waals surface area contributed by atoms with E-state index in [1.165, 1.54) is 0 Å². The molecule has 1 saturated heterocycles. The molecule has 0 aromatic heterocycles. The Balaban J connectivity index is 2.04. The molecule has 1 aliphatic rings. The van der Waals surface area contributed by atoms with Crippen molar-refractivity contribution in [2.45, 2.75) is 58.6 Å². The van der Waals surface area contributed by atoms with E-state index in [1.54, 1.807) is 0 Å². The van der Waals surface area contributed by atoms with Gasteiger partial charge in [-0.1, -0.05) is 24.3 Å². The molecule has 0 saturated carbocycles. The summed E-state index contributed by atoms with van der Waals surface area (Å²) in [4.78, 5) is 24.1. The van der Waals surface area contributed by atoms with Gasteiger partial charge in [0.15, 0.2) is 0 Å². The molecule has 5 nitrogen and oxygen atoms in total. The fourth-order valence-electron chi connectivity index (χ4n) is 3.13. The van der Waals surface area contributed by atoms with Crippen molar-refractivity contribution in [3.8, 4) is 0 Å². The van der Waals surface area contributed by atoms with E-state index in [9.17, 15) is 9.59 Å². The highest BCUT2D eigenvalue weighted by Crippen LogP contribution is 2.30. The zero-order chi connectivity index (χ0) is 18.4. The lowest BCUT2D eigenvalue weighted by Crippen LogP contribution is -2.39. The van der Waals surface area contributed by atoms with Crippen LogP contribution in [0.3, 0.4) is 0 Å². The van der Waals surface area contributed by atoms with Crippen molar-refractivity contribution in [2.75, 3.05) is 13.2 Å². The van der Waals surface area contributed by atoms with Gasteiger partial charge in [-0.15, -0.1) is 0 Å². The van der Waals surface area contributed by atoms with E-state index in [0.717, 1.165) is 30.5 Å². The second-order valence-corrected chi connectivity index (χ2v) is 7.44. The quantitative estimate of drug-likeness (QED) is 0.829. The van der Waals surface area contributed by atoms with Gasteiger partial charge in [-0.25, -0.2) is 0 Å². The van der Waals surface area contributed by atoms with Gasteiger partial charge < -0.3 is 14.8 Å². The molecule has 0 unspecified atom stereocenters. The van der Waals surface area contributed by atoms with E-state index in [4.69, 9.17) is 9.47 Å². The molecule has 25 heavy (non-hydrogen) atoms. The first-order valence-corrected chi connectivity index (χ1v) is 9.01. The lowest BCUT2D eigenvalue weighted by molar-refractivity contribution is -0.154. The normalized spacial score (nSPS) is 20.8. The van der Waals surface area contributed by atoms with Crippen LogP contribution in [0.1, 0.15) is 57.7 Å². The molecule has 138 valence electrons. The largest absolute Gasteiger partial charge is 0.466 e. The van der Waals surface area contributed by atoms with E-state index in [-0.39, 0.29) is 30.3 Å². The summed E-state index contributed by atoms with van der Waals surface area (Å²) in [6.07, 6.45) is 2.05. The Bertz CT molecular complexity index is 589. The molecule has 1 fully saturated rings. The van der Waals surface area contributed by atoms with Crippen LogP contribution in [0.15, 0.2) is 24.3 Å². The molecule has 1 aromatic carbocycles. The predicted molar refractivity (Wildman–Crippen MR) is 96.1 cm³/mol. The maximum atomic E-state index is 12.2. The SMILES string of the molecule is CCOC(=O)[C@@H]1CCCN[C@@H]1c1ccc(CC(=O)OC(C)(C)C)cc1. The van der Waals surface area contributed by atoms with Gasteiger partial charge in [-0.3, -0.25) is 9.59 Å². The fourth-order valence-corrected chi connectivity index (χ4v) is 3.13. The number of benzene rings is 1. The van der Waals surface area contributed by atoms with Crippen LogP contribution >= 0.6 is 0 Å². The number of carbonyl (C=O) groups excluding carboxylic acids is 2. The minimum absolute atomic E-state index is 0.0385. The average molecular weight is 347 g/mol. The highest BCUT2D eigenvalue weighted by Gasteiger charge is 2.32. The topological polar surface area (TPSA) is 64.6 Å². The summed E-state index contributed by atoms with van der Waals surface area (Å²) in [7, 11) is 0. The minimum Gasteiger partial charge on any atom is -0.466 e. The smallest absolute Gasteiger partial charge is 0.310 e. The van der Waals surface area contributed by atoms with E-state index < -0.39 is 5.60 Å². The molecule has 0 aliphatic carbocycles. The Kier molecular flexibility index (Phi) is 6.59. The fraction of sp³-hybridized carbons (Fsp3) is 0.600. The molecular formula is C20H29NO4. The molecule has 2 atom stereocenters. The Morgan fingerprint density at radius 3 is 2.48 bits per heavy atom. The highest BCUT2D eigenvalue weighted by molar-refractivity contribution is 5.74. The van der Waals surface area contributed by atoms with Gasteiger partial charge in [0.25, 0.3) is 0 Å². The van der Waals surface area contributed by atoms with Crippen molar-refractivity contribution in [3.63, 3.8) is 0 Å². The minimum atomic E-state index is -0.476. The van der Waals surface area contributed by atoms with Crippen LogP contribution in [0.2, 0.25) is 0 Å². The van der Waals surface area contributed by atoms with Crippen LogP contribution in [-0.4, -0.2) is 30.7 Å². The molecule has 2 rings (SSSR count). The van der Waals surface area contributed by atoms with Gasteiger partial charge in [-0.05, 0) is 58.2 Å². The number of nitrogens with one attached hydrogen (secondary N) is 1. The summed E-state index contributed by atoms with van der Waals surface area (Å²) in [5, 5.41) is 3.42. The molecule has 0 amide bonds. The van der Waals surface area contributed by atoms with Gasteiger partial charge in [0.05, 0.1) is 18.9 Å². The van der Waals surface area contributed by atoms with Crippen LogP contribution < -0.4 is 5.32 Å². The van der Waals surface area contributed by atoms with Gasteiger partial charge in [-0.2, -0.15) is 0 Å². The average Bonchev–Trinajstić information content (AvgIpc) is 2.54. The number of hydrogen-bond acceptors (Lipinski definition) is 5. The van der Waals surface area contributed by atoms with Crippen LogP contribution in [0.25, 0.3) is 0 Å². The third kappa shape index (κ3) is 5.85. The van der Waals surface area contributed by atoms with Crippen molar-refractivity contribution < 1.29 is 19.1 Å². The molecule has 5 heteroatoms. The van der Waals surface area contributed by atoms with E-state index >= 15 is 0 Å². The molecule has 1 N–H and O–H groups in total. The molecule has 0 bridgehead atoms. The Morgan fingerprint density at radius 2 is 1.88 bits per heavy atom. The summed E-state index contributed by atoms with van der Waals surface area (Å²) in [5.41, 5.74) is 1.47. The maximum absolute atomic E-state index is 12.2.